The van der Waals surface area contributed by atoms with Crippen LogP contribution in [-0.2, 0) is 16.1 Å². The summed E-state index contributed by atoms with van der Waals surface area (Å²) in [5.41, 5.74) is 1.14. The summed E-state index contributed by atoms with van der Waals surface area (Å²) < 4.78 is 1.80. The molecule has 2 amide bonds. The maximum atomic E-state index is 12.8. The molecule has 7 heteroatoms. The van der Waals surface area contributed by atoms with E-state index in [4.69, 9.17) is 0 Å². The van der Waals surface area contributed by atoms with Crippen molar-refractivity contribution in [2.45, 2.75) is 38.6 Å². The van der Waals surface area contributed by atoms with Crippen LogP contribution in [0, 0.1) is 0 Å². The van der Waals surface area contributed by atoms with Crippen molar-refractivity contribution in [2.75, 3.05) is 40.3 Å². The molecule has 1 aromatic carbocycles. The molecule has 1 saturated heterocycles. The van der Waals surface area contributed by atoms with Gasteiger partial charge in [0.25, 0.3) is 11.7 Å². The molecule has 2 aromatic rings. The maximum absolute atomic E-state index is 12.8. The van der Waals surface area contributed by atoms with Gasteiger partial charge < -0.3 is 19.7 Å². The maximum Gasteiger partial charge on any atom is 0.292 e. The van der Waals surface area contributed by atoms with Gasteiger partial charge in [0.15, 0.2) is 0 Å². The number of para-hydroxylation sites is 1. The Morgan fingerprint density at radius 2 is 1.73 bits per heavy atom. The number of rotatable bonds is 8. The molecule has 30 heavy (non-hydrogen) atoms. The summed E-state index contributed by atoms with van der Waals surface area (Å²) in [7, 11) is 3.93. The van der Waals surface area contributed by atoms with Crippen molar-refractivity contribution in [1.29, 1.82) is 0 Å². The second-order valence-corrected chi connectivity index (χ2v) is 8.22. The molecule has 0 spiro atoms. The first kappa shape index (κ1) is 22.0. The molecule has 0 atom stereocenters. The molecule has 1 aliphatic rings. The van der Waals surface area contributed by atoms with Gasteiger partial charge in [0.05, 0.1) is 5.56 Å². The summed E-state index contributed by atoms with van der Waals surface area (Å²) in [6, 6.07) is 7.44. The molecule has 0 saturated carbocycles. The number of benzene rings is 1. The smallest absolute Gasteiger partial charge is 0.292 e. The monoisotopic (exact) mass is 412 g/mol. The average molecular weight is 413 g/mol. The van der Waals surface area contributed by atoms with Crippen LogP contribution in [0.15, 0.2) is 30.5 Å². The fourth-order valence-electron chi connectivity index (χ4n) is 3.92. The minimum Gasteiger partial charge on any atom is -0.349 e. The Labute approximate surface area is 178 Å². The Kier molecular flexibility index (Phi) is 7.63. The minimum atomic E-state index is -0.601. The number of nitrogens with one attached hydrogen (secondary N) is 1. The standard InChI is InChI=1S/C23H32N4O3/c1-25(2)13-9-12-24-23(30)22(29)19-16-27(20-11-6-5-10-18(19)20)17-21(28)26-14-7-3-4-8-15-26/h5-6,10-11,16H,3-4,7-9,12-15,17H2,1-2H3,(H,24,30). The third-order valence-electron chi connectivity index (χ3n) is 5.57. The molecule has 1 fully saturated rings. The molecule has 1 aliphatic heterocycles. The first-order chi connectivity index (χ1) is 14.5. The number of amides is 2. The van der Waals surface area contributed by atoms with Crippen molar-refractivity contribution in [2.24, 2.45) is 0 Å². The van der Waals surface area contributed by atoms with E-state index in [1.54, 1.807) is 10.8 Å². The van der Waals surface area contributed by atoms with E-state index < -0.39 is 11.7 Å². The van der Waals surface area contributed by atoms with Gasteiger partial charge in [-0.15, -0.1) is 0 Å². The predicted molar refractivity (Wildman–Crippen MR) is 117 cm³/mol. The van der Waals surface area contributed by atoms with Crippen LogP contribution < -0.4 is 5.32 Å². The van der Waals surface area contributed by atoms with Crippen LogP contribution in [0.4, 0.5) is 0 Å². The number of aromatic nitrogens is 1. The molecule has 3 rings (SSSR count). The molecule has 0 bridgehead atoms. The van der Waals surface area contributed by atoms with Crippen molar-refractivity contribution in [3.8, 4) is 0 Å². The molecule has 2 heterocycles. The van der Waals surface area contributed by atoms with Crippen LogP contribution in [0.3, 0.4) is 0 Å². The Balaban J connectivity index is 1.74. The quantitative estimate of drug-likeness (QED) is 0.410. The van der Waals surface area contributed by atoms with Gasteiger partial charge in [-0.05, 0) is 46.0 Å². The van der Waals surface area contributed by atoms with Gasteiger partial charge in [0.2, 0.25) is 5.91 Å². The number of carbonyl (C=O) groups is 3. The lowest BCUT2D eigenvalue weighted by atomic mass is 10.1. The Bertz CT molecular complexity index is 895. The number of likely N-dealkylation sites (tertiary alicyclic amines) is 1. The van der Waals surface area contributed by atoms with E-state index in [1.165, 1.54) is 12.8 Å². The number of ketones is 1. The molecule has 162 valence electrons. The second kappa shape index (κ2) is 10.4. The largest absolute Gasteiger partial charge is 0.349 e. The van der Waals surface area contributed by atoms with Gasteiger partial charge in [0.1, 0.15) is 6.54 Å². The number of Topliss-reactive ketones (excluding diaryl/α,β-unsaturated/α-hetero) is 1. The SMILES string of the molecule is CN(C)CCCNC(=O)C(=O)c1cn(CC(=O)N2CCCCCC2)c2ccccc12. The zero-order chi connectivity index (χ0) is 21.5. The van der Waals surface area contributed by atoms with Gasteiger partial charge >= 0.3 is 0 Å². The zero-order valence-electron chi connectivity index (χ0n) is 18.0. The number of hydrogen-bond donors (Lipinski definition) is 1. The molecule has 0 unspecified atom stereocenters. The van der Waals surface area contributed by atoms with Gasteiger partial charge in [-0.25, -0.2) is 0 Å². The summed E-state index contributed by atoms with van der Waals surface area (Å²) in [5.74, 6) is -1.10. The van der Waals surface area contributed by atoms with E-state index in [-0.39, 0.29) is 12.5 Å². The second-order valence-electron chi connectivity index (χ2n) is 8.22. The Hall–Kier alpha value is -2.67. The third-order valence-corrected chi connectivity index (χ3v) is 5.57. The molecule has 1 N–H and O–H groups in total. The topological polar surface area (TPSA) is 74.6 Å². The summed E-state index contributed by atoms with van der Waals surface area (Å²) in [4.78, 5) is 42.0. The average Bonchev–Trinajstić information content (AvgIpc) is 2.91. The molecule has 0 radical (unpaired) electrons. The van der Waals surface area contributed by atoms with Crippen LogP contribution in [0.2, 0.25) is 0 Å². The first-order valence-corrected chi connectivity index (χ1v) is 10.8. The summed E-state index contributed by atoms with van der Waals surface area (Å²) >= 11 is 0. The van der Waals surface area contributed by atoms with Crippen molar-refractivity contribution < 1.29 is 14.4 Å². The van der Waals surface area contributed by atoms with Crippen LogP contribution >= 0.6 is 0 Å². The Morgan fingerprint density at radius 3 is 2.43 bits per heavy atom. The van der Waals surface area contributed by atoms with Crippen molar-refractivity contribution in [1.82, 2.24) is 19.7 Å². The van der Waals surface area contributed by atoms with Crippen LogP contribution in [0.5, 0.6) is 0 Å². The van der Waals surface area contributed by atoms with E-state index >= 15 is 0 Å². The summed E-state index contributed by atoms with van der Waals surface area (Å²) in [6.45, 7) is 3.05. The van der Waals surface area contributed by atoms with Crippen molar-refractivity contribution >= 4 is 28.5 Å². The lowest BCUT2D eigenvalue weighted by Gasteiger charge is -2.20. The fraction of sp³-hybridized carbons (Fsp3) is 0.522. The first-order valence-electron chi connectivity index (χ1n) is 10.8. The lowest BCUT2D eigenvalue weighted by Crippen LogP contribution is -2.34. The van der Waals surface area contributed by atoms with Crippen LogP contribution in [-0.4, -0.2) is 72.2 Å². The highest BCUT2D eigenvalue weighted by atomic mass is 16.2. The normalized spacial score (nSPS) is 14.7. The third kappa shape index (κ3) is 5.48. The molecule has 7 nitrogen and oxygen atoms in total. The van der Waals surface area contributed by atoms with E-state index in [0.717, 1.165) is 44.4 Å². The number of fused-ring (bicyclic) bond motifs is 1. The molecule has 0 aliphatic carbocycles. The molecular formula is C23H32N4O3. The van der Waals surface area contributed by atoms with Crippen molar-refractivity contribution in [3.05, 3.63) is 36.0 Å². The number of hydrogen-bond acceptors (Lipinski definition) is 4. The van der Waals surface area contributed by atoms with Gasteiger partial charge in [-0.3, -0.25) is 14.4 Å². The van der Waals surface area contributed by atoms with E-state index in [0.29, 0.717) is 17.5 Å². The minimum absolute atomic E-state index is 0.0600. The highest BCUT2D eigenvalue weighted by Crippen LogP contribution is 2.22. The summed E-state index contributed by atoms with van der Waals surface area (Å²) in [6.07, 6.45) is 6.84. The predicted octanol–water partition coefficient (Wildman–Crippen LogP) is 2.29. The van der Waals surface area contributed by atoms with Gasteiger partial charge in [0, 0.05) is 36.7 Å². The van der Waals surface area contributed by atoms with Crippen LogP contribution in [0.25, 0.3) is 10.9 Å². The highest BCUT2D eigenvalue weighted by molar-refractivity contribution is 6.45. The van der Waals surface area contributed by atoms with Gasteiger partial charge in [-0.1, -0.05) is 31.0 Å². The Morgan fingerprint density at radius 1 is 1.03 bits per heavy atom. The van der Waals surface area contributed by atoms with Gasteiger partial charge in [-0.2, -0.15) is 0 Å². The zero-order valence-corrected chi connectivity index (χ0v) is 18.0. The van der Waals surface area contributed by atoms with E-state index in [2.05, 4.69) is 5.32 Å². The summed E-state index contributed by atoms with van der Waals surface area (Å²) in [5, 5.41) is 3.41. The molecular weight excluding hydrogens is 380 g/mol. The number of carbonyl (C=O) groups excluding carboxylic acids is 3. The van der Waals surface area contributed by atoms with Crippen LogP contribution in [0.1, 0.15) is 42.5 Å². The van der Waals surface area contributed by atoms with Crippen molar-refractivity contribution in [3.63, 3.8) is 0 Å². The number of nitrogens with zero attached hydrogens (tertiary/aromatic N) is 3. The highest BCUT2D eigenvalue weighted by Gasteiger charge is 2.23. The molecule has 1 aromatic heterocycles. The fourth-order valence-corrected chi connectivity index (χ4v) is 3.92. The van der Waals surface area contributed by atoms with E-state index in [1.807, 2.05) is 48.2 Å². The van der Waals surface area contributed by atoms with E-state index in [9.17, 15) is 14.4 Å². The lowest BCUT2D eigenvalue weighted by molar-refractivity contribution is -0.131.